The van der Waals surface area contributed by atoms with E-state index >= 15 is 0 Å². The van der Waals surface area contributed by atoms with Crippen LogP contribution in [0.15, 0.2) is 47.2 Å². The monoisotopic (exact) mass is 459 g/mol. The van der Waals surface area contributed by atoms with Gasteiger partial charge in [-0.3, -0.25) is 10.1 Å². The molecule has 162 valence electrons. The first-order valence-electron chi connectivity index (χ1n) is 9.40. The second-order valence-electron chi connectivity index (χ2n) is 6.38. The maximum absolute atomic E-state index is 12.1. The van der Waals surface area contributed by atoms with E-state index in [2.05, 4.69) is 15.6 Å². The zero-order valence-electron chi connectivity index (χ0n) is 16.8. The number of ether oxygens (including phenoxy) is 2. The highest BCUT2D eigenvalue weighted by Crippen LogP contribution is 2.16. The summed E-state index contributed by atoms with van der Waals surface area (Å²) in [5, 5.41) is 9.55. The van der Waals surface area contributed by atoms with E-state index < -0.39 is 24.5 Å². The molecule has 0 atom stereocenters. The number of nitrogens with one attached hydrogen (secondary N) is 2. The minimum absolute atomic E-state index is 0.269. The molecule has 3 amide bonds. The number of amides is 3. The van der Waals surface area contributed by atoms with Crippen molar-refractivity contribution < 1.29 is 23.9 Å². The molecule has 0 unspecified atom stereocenters. The van der Waals surface area contributed by atoms with Gasteiger partial charge in [0.1, 0.15) is 12.4 Å². The van der Waals surface area contributed by atoms with Crippen molar-refractivity contribution in [2.45, 2.75) is 20.0 Å². The van der Waals surface area contributed by atoms with Crippen LogP contribution in [-0.4, -0.2) is 36.0 Å². The minimum atomic E-state index is -0.708. The van der Waals surface area contributed by atoms with Crippen LogP contribution in [0.3, 0.4) is 0 Å². The van der Waals surface area contributed by atoms with Gasteiger partial charge in [0.2, 0.25) is 0 Å². The molecule has 2 aromatic heterocycles. The van der Waals surface area contributed by atoms with Crippen molar-refractivity contribution in [3.05, 3.63) is 68.3 Å². The molecule has 0 spiro atoms. The SMILES string of the molecule is Cc1nc(COc2ccc(C(=O)OCC(=O)NC(=O)NCCc3cccs3)cc2)cs1. The first kappa shape index (κ1) is 22.4. The molecule has 3 aromatic rings. The molecule has 2 N–H and O–H groups in total. The molecule has 0 aliphatic heterocycles. The molecule has 31 heavy (non-hydrogen) atoms. The molecule has 1 aromatic carbocycles. The fraction of sp³-hybridized carbons (Fsp3) is 0.238. The van der Waals surface area contributed by atoms with E-state index in [1.807, 2.05) is 29.8 Å². The Labute approximate surface area is 187 Å². The Morgan fingerprint density at radius 3 is 2.58 bits per heavy atom. The largest absolute Gasteiger partial charge is 0.487 e. The van der Waals surface area contributed by atoms with Crippen LogP contribution in [-0.2, 0) is 22.6 Å². The quantitative estimate of drug-likeness (QED) is 0.476. The number of carbonyl (C=O) groups excluding carboxylic acids is 3. The summed E-state index contributed by atoms with van der Waals surface area (Å²) in [7, 11) is 0. The van der Waals surface area contributed by atoms with Crippen LogP contribution in [0.2, 0.25) is 0 Å². The molecule has 0 saturated heterocycles. The summed E-state index contributed by atoms with van der Waals surface area (Å²) in [4.78, 5) is 41.0. The van der Waals surface area contributed by atoms with Gasteiger partial charge in [-0.05, 0) is 49.1 Å². The van der Waals surface area contributed by atoms with E-state index in [0.29, 0.717) is 25.3 Å². The Bertz CT molecular complexity index is 1020. The van der Waals surface area contributed by atoms with Crippen molar-refractivity contribution in [1.82, 2.24) is 15.6 Å². The van der Waals surface area contributed by atoms with Gasteiger partial charge in [-0.2, -0.15) is 0 Å². The first-order valence-corrected chi connectivity index (χ1v) is 11.2. The predicted molar refractivity (Wildman–Crippen MR) is 117 cm³/mol. The molecule has 0 saturated carbocycles. The second kappa shape index (κ2) is 11.2. The Hall–Kier alpha value is -3.24. The average Bonchev–Trinajstić information content (AvgIpc) is 3.42. The van der Waals surface area contributed by atoms with E-state index in [1.165, 1.54) is 0 Å². The van der Waals surface area contributed by atoms with E-state index in [1.54, 1.807) is 46.9 Å². The maximum Gasteiger partial charge on any atom is 0.338 e. The molecule has 8 nitrogen and oxygen atoms in total. The number of hydrogen-bond donors (Lipinski definition) is 2. The number of nitrogens with zero attached hydrogens (tertiary/aromatic N) is 1. The zero-order chi connectivity index (χ0) is 22.1. The van der Waals surface area contributed by atoms with Gasteiger partial charge in [-0.1, -0.05) is 6.07 Å². The Balaban J connectivity index is 1.35. The number of thiophene rings is 1. The van der Waals surface area contributed by atoms with Crippen LogP contribution < -0.4 is 15.4 Å². The molecule has 0 radical (unpaired) electrons. The van der Waals surface area contributed by atoms with Crippen molar-refractivity contribution in [3.63, 3.8) is 0 Å². The lowest BCUT2D eigenvalue weighted by Crippen LogP contribution is -2.42. The van der Waals surface area contributed by atoms with Crippen molar-refractivity contribution in [2.24, 2.45) is 0 Å². The van der Waals surface area contributed by atoms with Gasteiger partial charge in [-0.15, -0.1) is 22.7 Å². The number of aryl methyl sites for hydroxylation is 1. The summed E-state index contributed by atoms with van der Waals surface area (Å²) < 4.78 is 10.6. The van der Waals surface area contributed by atoms with Crippen molar-refractivity contribution in [1.29, 1.82) is 0 Å². The van der Waals surface area contributed by atoms with Crippen LogP contribution in [0.5, 0.6) is 5.75 Å². The Morgan fingerprint density at radius 2 is 1.90 bits per heavy atom. The number of esters is 1. The van der Waals surface area contributed by atoms with E-state index in [9.17, 15) is 14.4 Å². The van der Waals surface area contributed by atoms with Gasteiger partial charge in [0, 0.05) is 16.8 Å². The average molecular weight is 460 g/mol. The summed E-state index contributed by atoms with van der Waals surface area (Å²) in [6, 6.07) is 9.62. The van der Waals surface area contributed by atoms with Gasteiger partial charge in [0.15, 0.2) is 6.61 Å². The molecular formula is C21H21N3O5S2. The lowest BCUT2D eigenvalue weighted by atomic mass is 10.2. The van der Waals surface area contributed by atoms with Gasteiger partial charge < -0.3 is 14.8 Å². The van der Waals surface area contributed by atoms with Crippen LogP contribution >= 0.6 is 22.7 Å². The standard InChI is InChI=1S/C21H21N3O5S2/c1-14-23-16(13-31-14)11-28-17-6-4-15(5-7-17)20(26)29-12-19(25)24-21(27)22-9-8-18-3-2-10-30-18/h2-7,10,13H,8-9,11-12H2,1H3,(H2,22,24,25,27). The van der Waals surface area contributed by atoms with Gasteiger partial charge in [0.25, 0.3) is 5.91 Å². The molecular weight excluding hydrogens is 438 g/mol. The van der Waals surface area contributed by atoms with E-state index in [0.717, 1.165) is 15.6 Å². The second-order valence-corrected chi connectivity index (χ2v) is 8.47. The third kappa shape index (κ3) is 7.50. The smallest absolute Gasteiger partial charge is 0.338 e. The number of urea groups is 1. The van der Waals surface area contributed by atoms with Crippen molar-refractivity contribution >= 4 is 40.6 Å². The zero-order valence-corrected chi connectivity index (χ0v) is 18.4. The van der Waals surface area contributed by atoms with Crippen LogP contribution in [0, 0.1) is 6.92 Å². The normalized spacial score (nSPS) is 10.4. The molecule has 10 heteroatoms. The van der Waals surface area contributed by atoms with Gasteiger partial charge in [-0.25, -0.2) is 14.6 Å². The minimum Gasteiger partial charge on any atom is -0.487 e. The summed E-state index contributed by atoms with van der Waals surface area (Å²) >= 11 is 3.15. The number of carbonyl (C=O) groups is 3. The van der Waals surface area contributed by atoms with Crippen molar-refractivity contribution in [3.8, 4) is 5.75 Å². The predicted octanol–water partition coefficient (Wildman–Crippen LogP) is 3.32. The fourth-order valence-electron chi connectivity index (χ4n) is 2.49. The Morgan fingerprint density at radius 1 is 1.10 bits per heavy atom. The number of aromatic nitrogens is 1. The number of benzene rings is 1. The topological polar surface area (TPSA) is 107 Å². The number of rotatable bonds is 9. The molecule has 0 aliphatic rings. The molecule has 0 fully saturated rings. The highest BCUT2D eigenvalue weighted by Gasteiger charge is 2.13. The summed E-state index contributed by atoms with van der Waals surface area (Å²) in [6.45, 7) is 2.10. The van der Waals surface area contributed by atoms with Crippen molar-refractivity contribution in [2.75, 3.05) is 13.2 Å². The van der Waals surface area contributed by atoms with Gasteiger partial charge >= 0.3 is 12.0 Å². The highest BCUT2D eigenvalue weighted by molar-refractivity contribution is 7.10. The van der Waals surface area contributed by atoms with Crippen LogP contribution in [0.25, 0.3) is 0 Å². The van der Waals surface area contributed by atoms with Crippen LogP contribution in [0.4, 0.5) is 4.79 Å². The van der Waals surface area contributed by atoms with Crippen LogP contribution in [0.1, 0.15) is 25.9 Å². The molecule has 0 aliphatic carbocycles. The lowest BCUT2D eigenvalue weighted by Gasteiger charge is -2.08. The third-order valence-corrected chi connectivity index (χ3v) is 5.73. The molecule has 0 bridgehead atoms. The van der Waals surface area contributed by atoms with E-state index in [-0.39, 0.29) is 5.56 Å². The number of thiazole rings is 1. The molecule has 2 heterocycles. The fourth-order valence-corrected chi connectivity index (χ4v) is 3.80. The highest BCUT2D eigenvalue weighted by atomic mass is 32.1. The first-order chi connectivity index (χ1) is 15.0. The number of hydrogen-bond acceptors (Lipinski definition) is 8. The summed E-state index contributed by atoms with van der Waals surface area (Å²) in [5.74, 6) is -0.797. The maximum atomic E-state index is 12.1. The third-order valence-electron chi connectivity index (χ3n) is 3.97. The summed E-state index contributed by atoms with van der Waals surface area (Å²) in [6.07, 6.45) is 0.678. The van der Waals surface area contributed by atoms with E-state index in [4.69, 9.17) is 9.47 Å². The number of imide groups is 1. The lowest BCUT2D eigenvalue weighted by molar-refractivity contribution is -0.123. The molecule has 3 rings (SSSR count). The summed E-state index contributed by atoms with van der Waals surface area (Å²) in [5.41, 5.74) is 1.11. The Kier molecular flexibility index (Phi) is 8.13. The van der Waals surface area contributed by atoms with Gasteiger partial charge in [0.05, 0.1) is 16.3 Å².